The number of hydrogen-bond donors (Lipinski definition) is 1. The highest BCUT2D eigenvalue weighted by Crippen LogP contribution is 2.17. The molecule has 0 saturated heterocycles. The number of benzene rings is 1. The maximum absolute atomic E-state index is 12.0. The van der Waals surface area contributed by atoms with Crippen LogP contribution in [0.3, 0.4) is 0 Å². The molecule has 2 nitrogen and oxygen atoms in total. The molecule has 1 aromatic carbocycles. The summed E-state index contributed by atoms with van der Waals surface area (Å²) < 4.78 is 0. The zero-order valence-electron chi connectivity index (χ0n) is 10.3. The van der Waals surface area contributed by atoms with Gasteiger partial charge in [-0.15, -0.1) is 0 Å². The number of hydrogen-bond acceptors (Lipinski definition) is 1. The summed E-state index contributed by atoms with van der Waals surface area (Å²) in [7, 11) is 0. The summed E-state index contributed by atoms with van der Waals surface area (Å²) in [6.45, 7) is 0. The third-order valence-corrected chi connectivity index (χ3v) is 3.48. The van der Waals surface area contributed by atoms with Gasteiger partial charge in [0, 0.05) is 11.6 Å². The minimum Gasteiger partial charge on any atom is -0.349 e. The van der Waals surface area contributed by atoms with Gasteiger partial charge in [-0.2, -0.15) is 0 Å². The third-order valence-electron chi connectivity index (χ3n) is 3.48. The van der Waals surface area contributed by atoms with Crippen LogP contribution < -0.4 is 5.32 Å². The summed E-state index contributed by atoms with van der Waals surface area (Å²) in [5.41, 5.74) is 0.773. The van der Waals surface area contributed by atoms with E-state index in [4.69, 9.17) is 0 Å². The Morgan fingerprint density at radius 1 is 0.941 bits per heavy atom. The highest BCUT2D eigenvalue weighted by molar-refractivity contribution is 5.94. The fourth-order valence-corrected chi connectivity index (χ4v) is 2.46. The fourth-order valence-electron chi connectivity index (χ4n) is 2.46. The monoisotopic (exact) mass is 231 g/mol. The Hall–Kier alpha value is -1.31. The molecule has 0 aromatic heterocycles. The molecule has 0 radical (unpaired) electrons. The predicted molar refractivity (Wildman–Crippen MR) is 70.0 cm³/mol. The molecule has 17 heavy (non-hydrogen) atoms. The van der Waals surface area contributed by atoms with E-state index >= 15 is 0 Å². The minimum absolute atomic E-state index is 0.0798. The van der Waals surface area contributed by atoms with Gasteiger partial charge in [0.15, 0.2) is 0 Å². The van der Waals surface area contributed by atoms with Crippen molar-refractivity contribution in [3.63, 3.8) is 0 Å². The Morgan fingerprint density at radius 3 is 2.18 bits per heavy atom. The molecule has 0 aliphatic heterocycles. The van der Waals surface area contributed by atoms with Crippen LogP contribution in [0.5, 0.6) is 0 Å². The highest BCUT2D eigenvalue weighted by atomic mass is 16.1. The van der Waals surface area contributed by atoms with E-state index in [1.54, 1.807) is 0 Å². The van der Waals surface area contributed by atoms with Gasteiger partial charge in [-0.25, -0.2) is 0 Å². The summed E-state index contributed by atoms with van der Waals surface area (Å²) >= 11 is 0. The molecule has 1 fully saturated rings. The zero-order chi connectivity index (χ0) is 11.9. The van der Waals surface area contributed by atoms with Crippen LogP contribution in [0.4, 0.5) is 0 Å². The van der Waals surface area contributed by atoms with Crippen LogP contribution in [0.25, 0.3) is 0 Å². The summed E-state index contributed by atoms with van der Waals surface area (Å²) in [6, 6.07) is 9.88. The van der Waals surface area contributed by atoms with Crippen molar-refractivity contribution in [3.8, 4) is 0 Å². The van der Waals surface area contributed by atoms with Gasteiger partial charge in [-0.3, -0.25) is 4.79 Å². The average molecular weight is 231 g/mol. The van der Waals surface area contributed by atoms with E-state index in [2.05, 4.69) is 5.32 Å². The van der Waals surface area contributed by atoms with Crippen LogP contribution >= 0.6 is 0 Å². The van der Waals surface area contributed by atoms with Crippen LogP contribution in [0.1, 0.15) is 55.3 Å². The molecule has 2 heteroatoms. The van der Waals surface area contributed by atoms with Gasteiger partial charge in [-0.1, -0.05) is 50.3 Å². The largest absolute Gasteiger partial charge is 0.349 e. The standard InChI is InChI=1S/C15H21NO/c17-15(13-9-5-4-6-10-13)16-14-11-7-2-1-3-8-12-14/h4-6,9-10,14H,1-3,7-8,11-12H2,(H,16,17). The maximum Gasteiger partial charge on any atom is 0.251 e. The first-order valence-electron chi connectivity index (χ1n) is 6.72. The molecular formula is C15H21NO. The van der Waals surface area contributed by atoms with Crippen molar-refractivity contribution in [1.82, 2.24) is 5.32 Å². The van der Waals surface area contributed by atoms with E-state index in [-0.39, 0.29) is 5.91 Å². The Morgan fingerprint density at radius 2 is 1.53 bits per heavy atom. The Balaban J connectivity index is 1.88. The molecular weight excluding hydrogens is 210 g/mol. The smallest absolute Gasteiger partial charge is 0.251 e. The Kier molecular flexibility index (Phi) is 4.60. The number of nitrogens with one attached hydrogen (secondary N) is 1. The van der Waals surface area contributed by atoms with Gasteiger partial charge in [0.1, 0.15) is 0 Å². The lowest BCUT2D eigenvalue weighted by atomic mass is 9.96. The predicted octanol–water partition coefficient (Wildman–Crippen LogP) is 3.53. The summed E-state index contributed by atoms with van der Waals surface area (Å²) in [5.74, 6) is 0.0798. The lowest BCUT2D eigenvalue weighted by Gasteiger charge is -2.21. The molecule has 92 valence electrons. The molecule has 1 aliphatic carbocycles. The van der Waals surface area contributed by atoms with Crippen molar-refractivity contribution in [2.24, 2.45) is 0 Å². The topological polar surface area (TPSA) is 29.1 Å². The van der Waals surface area contributed by atoms with Crippen molar-refractivity contribution in [2.75, 3.05) is 0 Å². The van der Waals surface area contributed by atoms with Gasteiger partial charge in [-0.05, 0) is 25.0 Å². The molecule has 0 atom stereocenters. The Labute approximate surface area is 103 Å². The average Bonchev–Trinajstić information content (AvgIpc) is 2.33. The quantitative estimate of drug-likeness (QED) is 0.829. The molecule has 0 bridgehead atoms. The second-order valence-electron chi connectivity index (χ2n) is 4.88. The van der Waals surface area contributed by atoms with Crippen molar-refractivity contribution in [2.45, 2.75) is 51.0 Å². The van der Waals surface area contributed by atoms with E-state index in [0.717, 1.165) is 18.4 Å². The fraction of sp³-hybridized carbons (Fsp3) is 0.533. The van der Waals surface area contributed by atoms with Crippen molar-refractivity contribution >= 4 is 5.91 Å². The highest BCUT2D eigenvalue weighted by Gasteiger charge is 2.14. The SMILES string of the molecule is O=C(NC1CCCCCCC1)c1ccccc1. The molecule has 1 aromatic rings. The second kappa shape index (κ2) is 6.43. The van der Waals surface area contributed by atoms with Gasteiger partial charge in [0.05, 0.1) is 0 Å². The van der Waals surface area contributed by atoms with Gasteiger partial charge >= 0.3 is 0 Å². The first-order chi connectivity index (χ1) is 8.36. The third kappa shape index (κ3) is 3.88. The first-order valence-corrected chi connectivity index (χ1v) is 6.72. The van der Waals surface area contributed by atoms with Crippen molar-refractivity contribution in [1.29, 1.82) is 0 Å². The molecule has 1 amide bonds. The van der Waals surface area contributed by atoms with E-state index in [1.165, 1.54) is 32.1 Å². The molecule has 1 N–H and O–H groups in total. The molecule has 0 spiro atoms. The molecule has 1 aliphatic rings. The Bertz CT molecular complexity index is 339. The van der Waals surface area contributed by atoms with Crippen LogP contribution in [-0.2, 0) is 0 Å². The molecule has 0 heterocycles. The van der Waals surface area contributed by atoms with Crippen LogP contribution in [0, 0.1) is 0 Å². The van der Waals surface area contributed by atoms with Gasteiger partial charge in [0.25, 0.3) is 5.91 Å². The maximum atomic E-state index is 12.0. The zero-order valence-corrected chi connectivity index (χ0v) is 10.3. The lowest BCUT2D eigenvalue weighted by Crippen LogP contribution is -2.35. The number of carbonyl (C=O) groups is 1. The lowest BCUT2D eigenvalue weighted by molar-refractivity contribution is 0.0930. The molecule has 0 unspecified atom stereocenters. The summed E-state index contributed by atoms with van der Waals surface area (Å²) in [5, 5.41) is 3.16. The van der Waals surface area contributed by atoms with E-state index < -0.39 is 0 Å². The second-order valence-corrected chi connectivity index (χ2v) is 4.88. The minimum atomic E-state index is 0.0798. The van der Waals surface area contributed by atoms with E-state index in [0.29, 0.717) is 6.04 Å². The van der Waals surface area contributed by atoms with Gasteiger partial charge in [0.2, 0.25) is 0 Å². The normalized spacial score (nSPS) is 18.1. The van der Waals surface area contributed by atoms with Gasteiger partial charge < -0.3 is 5.32 Å². The summed E-state index contributed by atoms with van der Waals surface area (Å²) in [6.07, 6.45) is 8.77. The van der Waals surface area contributed by atoms with E-state index in [1.807, 2.05) is 30.3 Å². The van der Waals surface area contributed by atoms with Crippen LogP contribution in [0.2, 0.25) is 0 Å². The van der Waals surface area contributed by atoms with Crippen molar-refractivity contribution < 1.29 is 4.79 Å². The first kappa shape index (κ1) is 12.2. The van der Waals surface area contributed by atoms with E-state index in [9.17, 15) is 4.79 Å². The van der Waals surface area contributed by atoms with Crippen LogP contribution in [-0.4, -0.2) is 11.9 Å². The molecule has 1 saturated carbocycles. The summed E-state index contributed by atoms with van der Waals surface area (Å²) in [4.78, 5) is 12.0. The van der Waals surface area contributed by atoms with Crippen LogP contribution in [0.15, 0.2) is 30.3 Å². The van der Waals surface area contributed by atoms with Crippen molar-refractivity contribution in [3.05, 3.63) is 35.9 Å². The number of amides is 1. The number of rotatable bonds is 2. The number of carbonyl (C=O) groups excluding carboxylic acids is 1. The molecule has 2 rings (SSSR count).